The van der Waals surface area contributed by atoms with Crippen LogP contribution in [-0.4, -0.2) is 60.1 Å². The largest absolute Gasteiger partial charge is 0.454 e. The molecule has 0 aromatic heterocycles. The van der Waals surface area contributed by atoms with Gasteiger partial charge >= 0.3 is 0 Å². The van der Waals surface area contributed by atoms with Gasteiger partial charge in [0.15, 0.2) is 11.5 Å². The van der Waals surface area contributed by atoms with Crippen LogP contribution in [0.5, 0.6) is 11.5 Å². The number of hydrogen-bond donors (Lipinski definition) is 1. The Morgan fingerprint density at radius 2 is 1.80 bits per heavy atom. The lowest BCUT2D eigenvalue weighted by atomic mass is 10.1. The van der Waals surface area contributed by atoms with Crippen LogP contribution in [0.2, 0.25) is 5.02 Å². The van der Waals surface area contributed by atoms with Crippen molar-refractivity contribution in [3.8, 4) is 11.5 Å². The number of nitrogens with one attached hydrogen (secondary N) is 1. The van der Waals surface area contributed by atoms with E-state index in [1.807, 2.05) is 18.2 Å². The number of non-ortho nitro benzene ring substituents is 1. The maximum atomic E-state index is 12.4. The number of anilines is 1. The Bertz CT molecular complexity index is 962. The molecular weight excluding hydrogens is 412 g/mol. The number of fused-ring (bicyclic) bond motifs is 1. The average Bonchev–Trinajstić information content (AvgIpc) is 3.19. The number of carbonyl (C=O) groups excluding carboxylic acids is 1. The van der Waals surface area contributed by atoms with E-state index in [1.165, 1.54) is 18.2 Å². The summed E-state index contributed by atoms with van der Waals surface area (Å²) in [7, 11) is 0. The smallest absolute Gasteiger partial charge is 0.271 e. The molecule has 4 rings (SSSR count). The van der Waals surface area contributed by atoms with Gasteiger partial charge in [-0.2, -0.15) is 0 Å². The molecule has 9 nitrogen and oxygen atoms in total. The Balaban J connectivity index is 1.26. The number of amides is 1. The van der Waals surface area contributed by atoms with Crippen molar-refractivity contribution in [2.24, 2.45) is 0 Å². The highest BCUT2D eigenvalue weighted by Crippen LogP contribution is 2.33. The fraction of sp³-hybridized carbons (Fsp3) is 0.350. The maximum Gasteiger partial charge on any atom is 0.271 e. The van der Waals surface area contributed by atoms with Crippen molar-refractivity contribution >= 4 is 28.9 Å². The van der Waals surface area contributed by atoms with Crippen LogP contribution in [-0.2, 0) is 11.3 Å². The van der Waals surface area contributed by atoms with Crippen LogP contribution in [0.3, 0.4) is 0 Å². The molecule has 10 heteroatoms. The molecule has 0 bridgehead atoms. The van der Waals surface area contributed by atoms with Crippen LogP contribution < -0.4 is 14.8 Å². The molecule has 0 spiro atoms. The van der Waals surface area contributed by atoms with E-state index in [-0.39, 0.29) is 35.6 Å². The molecule has 0 aliphatic carbocycles. The zero-order chi connectivity index (χ0) is 21.1. The molecule has 0 radical (unpaired) electrons. The van der Waals surface area contributed by atoms with E-state index in [9.17, 15) is 14.9 Å². The van der Waals surface area contributed by atoms with Gasteiger partial charge in [-0.25, -0.2) is 0 Å². The number of ether oxygens (including phenoxy) is 2. The second kappa shape index (κ2) is 8.86. The summed E-state index contributed by atoms with van der Waals surface area (Å²) >= 11 is 6.04. The molecule has 2 aliphatic heterocycles. The van der Waals surface area contributed by atoms with Gasteiger partial charge in [-0.3, -0.25) is 24.7 Å². The summed E-state index contributed by atoms with van der Waals surface area (Å²) < 4.78 is 10.8. The standard InChI is InChI=1S/C20H21ClN4O5/c21-16-3-2-15(25(27)28)10-17(16)22-20(26)12-24-7-5-23(6-8-24)11-14-1-4-18-19(9-14)30-13-29-18/h1-4,9-10H,5-8,11-13H2,(H,22,26). The summed E-state index contributed by atoms with van der Waals surface area (Å²) in [6, 6.07) is 9.95. The van der Waals surface area contributed by atoms with Gasteiger partial charge in [0.2, 0.25) is 12.7 Å². The molecule has 2 aromatic rings. The fourth-order valence-electron chi connectivity index (χ4n) is 3.52. The minimum atomic E-state index is -0.522. The predicted molar refractivity (Wildman–Crippen MR) is 111 cm³/mol. The third-order valence-corrected chi connectivity index (χ3v) is 5.44. The Labute approximate surface area is 178 Å². The fourth-order valence-corrected chi connectivity index (χ4v) is 3.68. The molecule has 1 N–H and O–H groups in total. The third-order valence-electron chi connectivity index (χ3n) is 5.11. The number of halogens is 1. The van der Waals surface area contributed by atoms with E-state index >= 15 is 0 Å². The molecule has 1 saturated heterocycles. The quantitative estimate of drug-likeness (QED) is 0.553. The molecule has 0 atom stereocenters. The predicted octanol–water partition coefficient (Wildman–Crippen LogP) is 2.73. The molecule has 0 unspecified atom stereocenters. The van der Waals surface area contributed by atoms with Crippen LogP contribution >= 0.6 is 11.6 Å². The molecule has 30 heavy (non-hydrogen) atoms. The van der Waals surface area contributed by atoms with Crippen molar-refractivity contribution in [2.75, 3.05) is 44.8 Å². The number of nitrogens with zero attached hydrogens (tertiary/aromatic N) is 3. The van der Waals surface area contributed by atoms with E-state index in [4.69, 9.17) is 21.1 Å². The molecule has 2 heterocycles. The number of nitro benzene ring substituents is 1. The van der Waals surface area contributed by atoms with Crippen LogP contribution in [0, 0.1) is 10.1 Å². The summed E-state index contributed by atoms with van der Waals surface area (Å²) in [6.45, 7) is 4.44. The zero-order valence-corrected chi connectivity index (χ0v) is 16.9. The first kappa shape index (κ1) is 20.4. The van der Waals surface area contributed by atoms with Gasteiger partial charge < -0.3 is 14.8 Å². The molecular formula is C20H21ClN4O5. The first-order valence-corrected chi connectivity index (χ1v) is 9.93. The summed E-state index contributed by atoms with van der Waals surface area (Å²) in [5, 5.41) is 13.8. The number of hydrogen-bond acceptors (Lipinski definition) is 7. The number of nitro groups is 1. The van der Waals surface area contributed by atoms with Crippen LogP contribution in [0.15, 0.2) is 36.4 Å². The van der Waals surface area contributed by atoms with Gasteiger partial charge in [0.25, 0.3) is 5.69 Å². The van der Waals surface area contributed by atoms with Crippen molar-refractivity contribution < 1.29 is 19.2 Å². The van der Waals surface area contributed by atoms with Crippen LogP contribution in [0.25, 0.3) is 0 Å². The molecule has 1 fully saturated rings. The van der Waals surface area contributed by atoms with E-state index in [0.717, 1.165) is 49.8 Å². The van der Waals surface area contributed by atoms with E-state index in [0.29, 0.717) is 0 Å². The highest BCUT2D eigenvalue weighted by atomic mass is 35.5. The molecule has 0 saturated carbocycles. The first-order chi connectivity index (χ1) is 14.5. The zero-order valence-electron chi connectivity index (χ0n) is 16.2. The highest BCUT2D eigenvalue weighted by molar-refractivity contribution is 6.33. The minimum absolute atomic E-state index is 0.119. The maximum absolute atomic E-state index is 12.4. The normalized spacial score (nSPS) is 16.4. The SMILES string of the molecule is O=C(CN1CCN(Cc2ccc3c(c2)OCO3)CC1)Nc1cc([N+](=O)[O-])ccc1Cl. The molecule has 2 aliphatic rings. The van der Waals surface area contributed by atoms with Crippen molar-refractivity contribution in [1.82, 2.24) is 9.80 Å². The number of benzene rings is 2. The summed E-state index contributed by atoms with van der Waals surface area (Å²) in [5.41, 5.74) is 1.29. The average molecular weight is 433 g/mol. The van der Waals surface area contributed by atoms with E-state index in [2.05, 4.69) is 15.1 Å². The molecule has 158 valence electrons. The van der Waals surface area contributed by atoms with Gasteiger partial charge in [0, 0.05) is 44.9 Å². The summed E-state index contributed by atoms with van der Waals surface area (Å²) in [4.78, 5) is 27.1. The Hall–Kier alpha value is -2.88. The molecule has 1 amide bonds. The summed E-state index contributed by atoms with van der Waals surface area (Å²) in [6.07, 6.45) is 0. The summed E-state index contributed by atoms with van der Waals surface area (Å²) in [5.74, 6) is 1.31. The Morgan fingerprint density at radius 3 is 2.57 bits per heavy atom. The second-order valence-corrected chi connectivity index (χ2v) is 7.62. The van der Waals surface area contributed by atoms with Gasteiger partial charge in [0.05, 0.1) is 22.2 Å². The number of piperazine rings is 1. The highest BCUT2D eigenvalue weighted by Gasteiger charge is 2.21. The van der Waals surface area contributed by atoms with Crippen LogP contribution in [0.1, 0.15) is 5.56 Å². The van der Waals surface area contributed by atoms with E-state index < -0.39 is 4.92 Å². The molecule has 2 aromatic carbocycles. The van der Waals surface area contributed by atoms with Crippen molar-refractivity contribution in [3.05, 3.63) is 57.1 Å². The van der Waals surface area contributed by atoms with Crippen molar-refractivity contribution in [1.29, 1.82) is 0 Å². The Morgan fingerprint density at radius 1 is 1.07 bits per heavy atom. The van der Waals surface area contributed by atoms with E-state index in [1.54, 1.807) is 0 Å². The van der Waals surface area contributed by atoms with Gasteiger partial charge in [-0.15, -0.1) is 0 Å². The van der Waals surface area contributed by atoms with Gasteiger partial charge in [-0.1, -0.05) is 17.7 Å². The lowest BCUT2D eigenvalue weighted by molar-refractivity contribution is -0.384. The van der Waals surface area contributed by atoms with Crippen molar-refractivity contribution in [2.45, 2.75) is 6.54 Å². The third kappa shape index (κ3) is 4.81. The Kier molecular flexibility index (Phi) is 6.03. The lowest BCUT2D eigenvalue weighted by Gasteiger charge is -2.34. The minimum Gasteiger partial charge on any atom is -0.454 e. The number of carbonyl (C=O) groups is 1. The second-order valence-electron chi connectivity index (χ2n) is 7.21. The van der Waals surface area contributed by atoms with Crippen molar-refractivity contribution in [3.63, 3.8) is 0 Å². The number of rotatable bonds is 6. The lowest BCUT2D eigenvalue weighted by Crippen LogP contribution is -2.48. The topological polar surface area (TPSA) is 97.2 Å². The van der Waals surface area contributed by atoms with Gasteiger partial charge in [-0.05, 0) is 23.8 Å². The van der Waals surface area contributed by atoms with Gasteiger partial charge in [0.1, 0.15) is 0 Å². The van der Waals surface area contributed by atoms with Crippen LogP contribution in [0.4, 0.5) is 11.4 Å². The monoisotopic (exact) mass is 432 g/mol. The first-order valence-electron chi connectivity index (χ1n) is 9.55.